The van der Waals surface area contributed by atoms with E-state index in [1.54, 1.807) is 6.08 Å². The zero-order valence-electron chi connectivity index (χ0n) is 15.9. The summed E-state index contributed by atoms with van der Waals surface area (Å²) in [4.78, 5) is 17.6. The van der Waals surface area contributed by atoms with Crippen LogP contribution in [0.25, 0.3) is 0 Å². The quantitative estimate of drug-likeness (QED) is 0.845. The Hall–Kier alpha value is -2.28. The molecule has 1 aromatic carbocycles. The van der Waals surface area contributed by atoms with Gasteiger partial charge in [-0.2, -0.15) is 5.10 Å². The van der Waals surface area contributed by atoms with Gasteiger partial charge < -0.3 is 10.2 Å². The van der Waals surface area contributed by atoms with Crippen LogP contribution in [0.3, 0.4) is 0 Å². The molecule has 2 heterocycles. The van der Waals surface area contributed by atoms with Crippen molar-refractivity contribution in [1.82, 2.24) is 15.1 Å². The number of carbonyl (C=O) groups is 1. The first-order chi connectivity index (χ1) is 13.6. The molecular formula is C21H24ClN5O. The Morgan fingerprint density at radius 1 is 1.21 bits per heavy atom. The van der Waals surface area contributed by atoms with Gasteiger partial charge in [0.05, 0.1) is 22.7 Å². The molecule has 3 aliphatic rings. The zero-order chi connectivity index (χ0) is 19.5. The number of allylic oxidation sites excluding steroid dienone is 4. The number of hydrogen-bond acceptors (Lipinski definition) is 5. The number of hydrogen-bond donors (Lipinski definition) is 1. The van der Waals surface area contributed by atoms with E-state index in [1.165, 1.54) is 5.56 Å². The van der Waals surface area contributed by atoms with E-state index < -0.39 is 0 Å². The summed E-state index contributed by atoms with van der Waals surface area (Å²) in [5.74, 6) is -0.416. The Balaban J connectivity index is 1.41. The molecule has 0 aromatic heterocycles. The van der Waals surface area contributed by atoms with E-state index in [-0.39, 0.29) is 17.9 Å². The predicted molar refractivity (Wildman–Crippen MR) is 113 cm³/mol. The lowest BCUT2D eigenvalue weighted by atomic mass is 9.93. The predicted octanol–water partition coefficient (Wildman–Crippen LogP) is 2.04. The molecule has 1 aliphatic carbocycles. The molecule has 28 heavy (non-hydrogen) atoms. The molecule has 0 saturated carbocycles. The number of nitrogens with zero attached hydrogens (tertiary/aromatic N) is 4. The first-order valence-corrected chi connectivity index (χ1v) is 9.93. The highest BCUT2D eigenvalue weighted by Gasteiger charge is 2.34. The molecule has 0 bridgehead atoms. The van der Waals surface area contributed by atoms with Gasteiger partial charge >= 0.3 is 0 Å². The molecule has 1 amide bonds. The summed E-state index contributed by atoms with van der Waals surface area (Å²) in [6.45, 7) is 4.42. The van der Waals surface area contributed by atoms with Gasteiger partial charge in [0.2, 0.25) is 0 Å². The summed E-state index contributed by atoms with van der Waals surface area (Å²) in [6.07, 6.45) is 5.53. The van der Waals surface area contributed by atoms with Gasteiger partial charge in [-0.25, -0.2) is 0 Å². The molecule has 0 radical (unpaired) electrons. The minimum atomic E-state index is -0.249. The number of fused-ring (bicyclic) bond motifs is 1. The molecule has 146 valence electrons. The average Bonchev–Trinajstić information content (AvgIpc) is 3.05. The Morgan fingerprint density at radius 3 is 2.86 bits per heavy atom. The third kappa shape index (κ3) is 4.24. The lowest BCUT2D eigenvalue weighted by Gasteiger charge is -2.25. The summed E-state index contributed by atoms with van der Waals surface area (Å²) < 4.78 is 0. The number of carbonyl (C=O) groups excluding carboxylic acids is 1. The molecule has 1 aromatic rings. The van der Waals surface area contributed by atoms with E-state index in [2.05, 4.69) is 56.6 Å². The van der Waals surface area contributed by atoms with Crippen LogP contribution in [0.5, 0.6) is 0 Å². The van der Waals surface area contributed by atoms with Crippen molar-refractivity contribution in [3.8, 4) is 0 Å². The van der Waals surface area contributed by atoms with Crippen LogP contribution < -0.4 is 5.32 Å². The van der Waals surface area contributed by atoms with E-state index in [0.29, 0.717) is 16.5 Å². The van der Waals surface area contributed by atoms with Crippen LogP contribution in [0, 0.1) is 5.92 Å². The maximum atomic E-state index is 12.9. The summed E-state index contributed by atoms with van der Waals surface area (Å²) in [5, 5.41) is 11.9. The van der Waals surface area contributed by atoms with Gasteiger partial charge in [0.25, 0.3) is 5.91 Å². The number of halogens is 1. The van der Waals surface area contributed by atoms with Crippen molar-refractivity contribution in [1.29, 1.82) is 0 Å². The second-order valence-corrected chi connectivity index (χ2v) is 7.91. The van der Waals surface area contributed by atoms with Crippen molar-refractivity contribution in [2.24, 2.45) is 16.1 Å². The van der Waals surface area contributed by atoms with Crippen LogP contribution in [-0.4, -0.2) is 66.4 Å². The number of rotatable bonds is 4. The van der Waals surface area contributed by atoms with Crippen LogP contribution in [0.2, 0.25) is 0 Å². The molecule has 1 saturated heterocycles. The minimum absolute atomic E-state index is 0.0223. The van der Waals surface area contributed by atoms with Crippen molar-refractivity contribution in [3.63, 3.8) is 0 Å². The van der Waals surface area contributed by atoms with Crippen molar-refractivity contribution >= 4 is 28.9 Å². The Labute approximate surface area is 170 Å². The van der Waals surface area contributed by atoms with E-state index in [4.69, 9.17) is 11.6 Å². The zero-order valence-corrected chi connectivity index (χ0v) is 16.6. The molecule has 2 aliphatic heterocycles. The van der Waals surface area contributed by atoms with E-state index in [9.17, 15) is 4.79 Å². The largest absolute Gasteiger partial charge is 0.346 e. The van der Waals surface area contributed by atoms with Crippen LogP contribution >= 0.6 is 11.6 Å². The van der Waals surface area contributed by atoms with E-state index >= 15 is 0 Å². The molecule has 6 nitrogen and oxygen atoms in total. The fourth-order valence-corrected chi connectivity index (χ4v) is 4.07. The number of likely N-dealkylation sites (N-methyl/N-ethyl adjacent to an activating group) is 1. The number of amides is 1. The van der Waals surface area contributed by atoms with Crippen molar-refractivity contribution in [3.05, 3.63) is 59.2 Å². The standard InChI is InChI=1S/C21H24ClN5O/c1-26-10-11-27(12-15-6-3-2-4-7-15)14-16(13-26)23-21(28)20-17-8-5-9-18(22)19(17)24-25-20/h2-9,16-17H,10-14H2,1H3,(H,23,28). The van der Waals surface area contributed by atoms with Crippen LogP contribution in [0.1, 0.15) is 5.56 Å². The van der Waals surface area contributed by atoms with Gasteiger partial charge in [-0.1, -0.05) is 54.1 Å². The molecule has 1 N–H and O–H groups in total. The summed E-state index contributed by atoms with van der Waals surface area (Å²) in [7, 11) is 2.09. The highest BCUT2D eigenvalue weighted by atomic mass is 35.5. The van der Waals surface area contributed by atoms with Gasteiger partial charge in [0.15, 0.2) is 0 Å². The topological polar surface area (TPSA) is 60.3 Å². The Bertz CT molecular complexity index is 861. The summed E-state index contributed by atoms with van der Waals surface area (Å²) in [6, 6.07) is 10.5. The molecular weight excluding hydrogens is 374 g/mol. The lowest BCUT2D eigenvalue weighted by molar-refractivity contribution is -0.115. The molecule has 1 fully saturated rings. The maximum absolute atomic E-state index is 12.9. The van der Waals surface area contributed by atoms with Gasteiger partial charge in [-0.15, -0.1) is 5.10 Å². The molecule has 4 rings (SSSR count). The van der Waals surface area contributed by atoms with Gasteiger partial charge in [0, 0.05) is 32.7 Å². The highest BCUT2D eigenvalue weighted by Crippen LogP contribution is 2.25. The average molecular weight is 398 g/mol. The smallest absolute Gasteiger partial charge is 0.268 e. The van der Waals surface area contributed by atoms with Gasteiger partial charge in [-0.05, 0) is 18.7 Å². The fraction of sp³-hybridized carbons (Fsp3) is 0.381. The van der Waals surface area contributed by atoms with Crippen molar-refractivity contribution in [2.45, 2.75) is 12.6 Å². The molecule has 2 atom stereocenters. The first-order valence-electron chi connectivity index (χ1n) is 9.55. The fourth-order valence-electron chi connectivity index (χ4n) is 3.84. The van der Waals surface area contributed by atoms with Gasteiger partial charge in [0.1, 0.15) is 5.71 Å². The van der Waals surface area contributed by atoms with Crippen LogP contribution in [-0.2, 0) is 11.3 Å². The van der Waals surface area contributed by atoms with Crippen LogP contribution in [0.4, 0.5) is 0 Å². The van der Waals surface area contributed by atoms with Crippen LogP contribution in [0.15, 0.2) is 63.8 Å². The lowest BCUT2D eigenvalue weighted by Crippen LogP contribution is -2.49. The SMILES string of the molecule is CN1CCN(Cc2ccccc2)CC(NC(=O)C2=NN=C3C(Cl)=CC=CC23)C1. The Kier molecular flexibility index (Phi) is 5.71. The number of nitrogens with one attached hydrogen (secondary N) is 1. The normalized spacial score (nSPS) is 25.4. The van der Waals surface area contributed by atoms with Crippen molar-refractivity contribution < 1.29 is 4.79 Å². The number of benzene rings is 1. The molecule has 2 unspecified atom stereocenters. The molecule has 7 heteroatoms. The van der Waals surface area contributed by atoms with E-state index in [1.807, 2.05) is 18.2 Å². The Morgan fingerprint density at radius 2 is 2.04 bits per heavy atom. The second-order valence-electron chi connectivity index (χ2n) is 7.50. The second kappa shape index (κ2) is 8.39. The maximum Gasteiger partial charge on any atom is 0.268 e. The third-order valence-electron chi connectivity index (χ3n) is 5.27. The highest BCUT2D eigenvalue weighted by molar-refractivity contribution is 6.52. The van der Waals surface area contributed by atoms with Gasteiger partial charge in [-0.3, -0.25) is 9.69 Å². The third-order valence-corrected chi connectivity index (χ3v) is 5.59. The first kappa shape index (κ1) is 19.1. The minimum Gasteiger partial charge on any atom is -0.346 e. The van der Waals surface area contributed by atoms with Crippen molar-refractivity contribution in [2.75, 3.05) is 33.2 Å². The monoisotopic (exact) mass is 397 g/mol. The molecule has 0 spiro atoms. The van der Waals surface area contributed by atoms with E-state index in [0.717, 1.165) is 32.7 Å². The summed E-state index contributed by atoms with van der Waals surface area (Å²) >= 11 is 6.18. The summed E-state index contributed by atoms with van der Waals surface area (Å²) in [5.41, 5.74) is 2.35.